The highest BCUT2D eigenvalue weighted by Crippen LogP contribution is 2.07. The van der Waals surface area contributed by atoms with E-state index in [1.807, 2.05) is 0 Å². The molecule has 1 aromatic heterocycles. The summed E-state index contributed by atoms with van der Waals surface area (Å²) in [6.45, 7) is 0.0858. The molecule has 0 saturated carbocycles. The quantitative estimate of drug-likeness (QED) is 0.338. The van der Waals surface area contributed by atoms with Gasteiger partial charge in [0.25, 0.3) is 0 Å². The standard InChI is InChI=1S/C10H14N2O7Si/c13-9(14)7-2-3-8(12-6-7)19-10(15)11-4-1-5-20(16,17)18/h2-3,6,16-18H,1,4-5H2,(H,11,15)(H,13,14). The van der Waals surface area contributed by atoms with Crippen molar-refractivity contribution >= 4 is 20.9 Å². The van der Waals surface area contributed by atoms with Gasteiger partial charge in [0, 0.05) is 24.9 Å². The highest BCUT2D eigenvalue weighted by molar-refractivity contribution is 6.56. The SMILES string of the molecule is O=C(NCCC[Si](O)(O)O)Oc1ccc(C(=O)O)cn1. The first-order chi connectivity index (χ1) is 9.28. The van der Waals surface area contributed by atoms with Crippen LogP contribution in [0.1, 0.15) is 16.8 Å². The first-order valence-electron chi connectivity index (χ1n) is 5.60. The molecule has 0 spiro atoms. The van der Waals surface area contributed by atoms with Gasteiger partial charge in [-0.1, -0.05) is 0 Å². The van der Waals surface area contributed by atoms with Crippen molar-refractivity contribution in [2.75, 3.05) is 6.54 Å². The number of carbonyl (C=O) groups is 2. The maximum atomic E-state index is 11.3. The Kier molecular flexibility index (Phi) is 5.58. The number of carboxylic acid groups (broad SMARTS) is 1. The Morgan fingerprint density at radius 3 is 2.50 bits per heavy atom. The topological polar surface area (TPSA) is 149 Å². The van der Waals surface area contributed by atoms with Crippen molar-refractivity contribution < 1.29 is 33.8 Å². The third-order valence-electron chi connectivity index (χ3n) is 2.14. The van der Waals surface area contributed by atoms with E-state index in [4.69, 9.17) is 24.2 Å². The van der Waals surface area contributed by atoms with Crippen LogP contribution in [0.3, 0.4) is 0 Å². The lowest BCUT2D eigenvalue weighted by atomic mass is 10.3. The van der Waals surface area contributed by atoms with Gasteiger partial charge in [-0.2, -0.15) is 0 Å². The molecule has 0 aromatic carbocycles. The minimum absolute atomic E-state index is 0.0344. The number of nitrogens with one attached hydrogen (secondary N) is 1. The summed E-state index contributed by atoms with van der Waals surface area (Å²) in [6, 6.07) is 2.27. The molecule has 10 heteroatoms. The molecule has 20 heavy (non-hydrogen) atoms. The molecule has 1 aromatic rings. The lowest BCUT2D eigenvalue weighted by Crippen LogP contribution is -2.36. The summed E-state index contributed by atoms with van der Waals surface area (Å²) in [5.74, 6) is -1.21. The zero-order valence-corrected chi connectivity index (χ0v) is 11.3. The van der Waals surface area contributed by atoms with Gasteiger partial charge in [0.1, 0.15) is 0 Å². The molecule has 0 fully saturated rings. The van der Waals surface area contributed by atoms with Crippen molar-refractivity contribution in [1.29, 1.82) is 0 Å². The van der Waals surface area contributed by atoms with Gasteiger partial charge >= 0.3 is 20.9 Å². The molecule has 0 aliphatic carbocycles. The Labute approximate surface area is 114 Å². The van der Waals surface area contributed by atoms with Gasteiger partial charge in [0.15, 0.2) is 0 Å². The molecule has 110 valence electrons. The van der Waals surface area contributed by atoms with Crippen molar-refractivity contribution in [3.63, 3.8) is 0 Å². The first-order valence-corrected chi connectivity index (χ1v) is 7.65. The van der Waals surface area contributed by atoms with Crippen LogP contribution < -0.4 is 10.1 Å². The summed E-state index contributed by atoms with van der Waals surface area (Å²) >= 11 is 0. The molecule has 5 N–H and O–H groups in total. The van der Waals surface area contributed by atoms with Crippen LogP contribution in [0.5, 0.6) is 5.88 Å². The lowest BCUT2D eigenvalue weighted by molar-refractivity contribution is 0.0696. The second-order valence-electron chi connectivity index (χ2n) is 3.88. The highest BCUT2D eigenvalue weighted by Gasteiger charge is 2.25. The zero-order valence-electron chi connectivity index (χ0n) is 10.3. The predicted octanol–water partition coefficient (Wildman–Crippen LogP) is -0.826. The number of aromatic carboxylic acids is 1. The fourth-order valence-electron chi connectivity index (χ4n) is 1.21. The van der Waals surface area contributed by atoms with Crippen molar-refractivity contribution in [2.45, 2.75) is 12.5 Å². The van der Waals surface area contributed by atoms with Crippen LogP contribution in [0, 0.1) is 0 Å². The second-order valence-corrected chi connectivity index (χ2v) is 5.93. The minimum Gasteiger partial charge on any atom is -0.478 e. The molecule has 1 amide bonds. The molecular weight excluding hydrogens is 288 g/mol. The number of ether oxygens (including phenoxy) is 1. The smallest absolute Gasteiger partial charge is 0.478 e. The Bertz CT molecular complexity index is 471. The fourth-order valence-corrected chi connectivity index (χ4v) is 1.87. The van der Waals surface area contributed by atoms with Gasteiger partial charge in [-0.15, -0.1) is 0 Å². The number of carbonyl (C=O) groups excluding carboxylic acids is 1. The van der Waals surface area contributed by atoms with E-state index in [2.05, 4.69) is 10.3 Å². The molecule has 9 nitrogen and oxygen atoms in total. The lowest BCUT2D eigenvalue weighted by Gasteiger charge is -2.09. The fraction of sp³-hybridized carbons (Fsp3) is 0.300. The van der Waals surface area contributed by atoms with Gasteiger partial charge in [0.2, 0.25) is 5.88 Å². The third kappa shape index (κ3) is 6.24. The van der Waals surface area contributed by atoms with Gasteiger partial charge in [-0.05, 0) is 12.5 Å². The van der Waals surface area contributed by atoms with Crippen molar-refractivity contribution in [3.8, 4) is 5.88 Å². The van der Waals surface area contributed by atoms with Crippen LogP contribution in [0.25, 0.3) is 0 Å². The summed E-state index contributed by atoms with van der Waals surface area (Å²) in [7, 11) is -4.08. The molecule has 0 aliphatic heterocycles. The van der Waals surface area contributed by atoms with E-state index in [0.29, 0.717) is 0 Å². The highest BCUT2D eigenvalue weighted by atomic mass is 28.4. The Balaban J connectivity index is 2.33. The number of nitrogens with zero attached hydrogens (tertiary/aromatic N) is 1. The number of pyridine rings is 1. The van der Waals surface area contributed by atoms with Gasteiger partial charge in [0.05, 0.1) is 5.56 Å². The zero-order chi connectivity index (χ0) is 15.2. The largest absolute Gasteiger partial charge is 0.492 e. The van der Waals surface area contributed by atoms with Crippen LogP contribution in [0.2, 0.25) is 6.04 Å². The molecule has 0 bridgehead atoms. The van der Waals surface area contributed by atoms with Crippen LogP contribution in [-0.2, 0) is 0 Å². The molecule has 1 heterocycles. The molecule has 0 aliphatic rings. The van der Waals surface area contributed by atoms with Crippen molar-refractivity contribution in [1.82, 2.24) is 10.3 Å². The van der Waals surface area contributed by atoms with Crippen LogP contribution in [0.4, 0.5) is 4.79 Å². The molecule has 0 radical (unpaired) electrons. The number of amides is 1. The third-order valence-corrected chi connectivity index (χ3v) is 3.16. The van der Waals surface area contributed by atoms with Crippen molar-refractivity contribution in [3.05, 3.63) is 23.9 Å². The predicted molar refractivity (Wildman–Crippen MR) is 67.1 cm³/mol. The minimum atomic E-state index is -4.08. The number of rotatable bonds is 6. The molecule has 0 unspecified atom stereocenters. The molecule has 0 saturated heterocycles. The Hall–Kier alpha value is -2.01. The number of carboxylic acids is 1. The number of aromatic nitrogens is 1. The Morgan fingerprint density at radius 1 is 1.30 bits per heavy atom. The van der Waals surface area contributed by atoms with Gasteiger partial charge in [-0.3, -0.25) is 0 Å². The van der Waals surface area contributed by atoms with E-state index in [9.17, 15) is 9.59 Å². The Morgan fingerprint density at radius 2 is 2.00 bits per heavy atom. The van der Waals surface area contributed by atoms with Gasteiger partial charge in [-0.25, -0.2) is 14.6 Å². The summed E-state index contributed by atoms with van der Waals surface area (Å²) < 4.78 is 4.75. The average molecular weight is 302 g/mol. The molecule has 0 atom stereocenters. The summed E-state index contributed by atoms with van der Waals surface area (Å²) in [6.07, 6.45) is 0.409. The van der Waals surface area contributed by atoms with E-state index < -0.39 is 20.9 Å². The van der Waals surface area contributed by atoms with Crippen LogP contribution in [-0.4, -0.2) is 51.9 Å². The molecular formula is C10H14N2O7Si. The van der Waals surface area contributed by atoms with E-state index >= 15 is 0 Å². The van der Waals surface area contributed by atoms with Gasteiger partial charge < -0.3 is 29.5 Å². The maximum Gasteiger partial charge on any atom is 0.492 e. The first kappa shape index (κ1) is 16.0. The normalized spacial score (nSPS) is 10.9. The van der Waals surface area contributed by atoms with Crippen LogP contribution in [0.15, 0.2) is 18.3 Å². The van der Waals surface area contributed by atoms with Crippen molar-refractivity contribution in [2.24, 2.45) is 0 Å². The summed E-state index contributed by atoms with van der Waals surface area (Å²) in [5.41, 5.74) is -0.0344. The maximum absolute atomic E-state index is 11.3. The van der Waals surface area contributed by atoms with E-state index in [0.717, 1.165) is 6.20 Å². The second kappa shape index (κ2) is 6.95. The monoisotopic (exact) mass is 302 g/mol. The van der Waals surface area contributed by atoms with Crippen LogP contribution >= 0.6 is 0 Å². The number of hydrogen-bond donors (Lipinski definition) is 5. The van der Waals surface area contributed by atoms with E-state index in [1.165, 1.54) is 12.1 Å². The average Bonchev–Trinajstić information content (AvgIpc) is 2.34. The van der Waals surface area contributed by atoms with E-state index in [1.54, 1.807) is 0 Å². The number of hydrogen-bond acceptors (Lipinski definition) is 7. The molecule has 1 rings (SSSR count). The summed E-state index contributed by atoms with van der Waals surface area (Å²) in [4.78, 5) is 51.7. The summed E-state index contributed by atoms with van der Waals surface area (Å²) in [5, 5.41) is 11.0. The van der Waals surface area contributed by atoms with E-state index in [-0.39, 0.29) is 30.5 Å².